The number of hydrogen-bond acceptors (Lipinski definition) is 13. The van der Waals surface area contributed by atoms with E-state index in [0.29, 0.717) is 84.0 Å². The van der Waals surface area contributed by atoms with Crippen molar-refractivity contribution in [1.82, 2.24) is 15.2 Å². The summed E-state index contributed by atoms with van der Waals surface area (Å²) < 4.78 is 19.7. The van der Waals surface area contributed by atoms with Gasteiger partial charge in [-0.2, -0.15) is 0 Å². The lowest BCUT2D eigenvalue weighted by molar-refractivity contribution is -0.183. The molecule has 4 aliphatic rings. The molecule has 1 aromatic carbocycles. The lowest BCUT2D eigenvalue weighted by atomic mass is 9.61. The summed E-state index contributed by atoms with van der Waals surface area (Å²) >= 11 is 0. The molecule has 0 bridgehead atoms. The van der Waals surface area contributed by atoms with Crippen LogP contribution in [0.1, 0.15) is 68.2 Å². The van der Waals surface area contributed by atoms with Gasteiger partial charge >= 0.3 is 11.6 Å². The van der Waals surface area contributed by atoms with Crippen molar-refractivity contribution in [2.45, 2.75) is 82.5 Å². The van der Waals surface area contributed by atoms with Gasteiger partial charge in [0.25, 0.3) is 0 Å². The third-order valence-corrected chi connectivity index (χ3v) is 14.6. The van der Waals surface area contributed by atoms with Gasteiger partial charge in [-0.25, -0.2) is 14.6 Å². The van der Waals surface area contributed by atoms with Crippen LogP contribution >= 0.6 is 21.6 Å². The van der Waals surface area contributed by atoms with Crippen LogP contribution in [0.3, 0.4) is 0 Å². The largest absolute Gasteiger partial charge is 0.481 e. The van der Waals surface area contributed by atoms with E-state index in [2.05, 4.69) is 16.4 Å². The Morgan fingerprint density at radius 1 is 1.21 bits per heavy atom. The van der Waals surface area contributed by atoms with Gasteiger partial charge in [-0.1, -0.05) is 39.3 Å². The molecule has 1 amide bonds. The Bertz CT molecular complexity index is 2120. The third kappa shape index (κ3) is 7.50. The van der Waals surface area contributed by atoms with E-state index in [-0.39, 0.29) is 37.5 Å². The second kappa shape index (κ2) is 16.6. The number of nitrogens with zero attached hydrogens (tertiary/aromatic N) is 2. The first kappa shape index (κ1) is 40.4. The minimum atomic E-state index is -1.20. The van der Waals surface area contributed by atoms with Crippen LogP contribution in [0.25, 0.3) is 11.0 Å². The predicted octanol–water partition coefficient (Wildman–Crippen LogP) is 4.73. The maximum atomic E-state index is 14.1. The zero-order valence-electron chi connectivity index (χ0n) is 32.5. The van der Waals surface area contributed by atoms with Crippen molar-refractivity contribution in [3.8, 4) is 5.75 Å². The molecule has 3 aromatic rings. The number of benzene rings is 1. The molecule has 1 spiro atoms. The number of amides is 1. The number of hydrogen-bond donors (Lipinski definition) is 4. The Balaban J connectivity index is 1.35. The maximum Gasteiger partial charge on any atom is 0.339 e. The van der Waals surface area contributed by atoms with Crippen LogP contribution < -0.4 is 21.4 Å². The highest BCUT2D eigenvalue weighted by Gasteiger charge is 2.64. The van der Waals surface area contributed by atoms with E-state index in [4.69, 9.17) is 19.6 Å². The first-order valence-electron chi connectivity index (χ1n) is 19.4. The van der Waals surface area contributed by atoms with E-state index in [1.165, 1.54) is 0 Å². The van der Waals surface area contributed by atoms with Gasteiger partial charge in [0.05, 0.1) is 12.3 Å². The number of fused-ring (bicyclic) bond motifs is 7. The average molecular weight is 805 g/mol. The van der Waals surface area contributed by atoms with Crippen molar-refractivity contribution in [3.63, 3.8) is 0 Å². The van der Waals surface area contributed by atoms with E-state index < -0.39 is 28.7 Å². The summed E-state index contributed by atoms with van der Waals surface area (Å²) in [7, 11) is 5.46. The van der Waals surface area contributed by atoms with Gasteiger partial charge < -0.3 is 40.1 Å². The van der Waals surface area contributed by atoms with E-state index in [0.717, 1.165) is 34.6 Å². The molecule has 6 atom stereocenters. The molecule has 1 fully saturated rings. The Hall–Kier alpha value is -3.82. The number of aliphatic hydroxyl groups excluding tert-OH is 2. The van der Waals surface area contributed by atoms with Gasteiger partial charge in [0, 0.05) is 91.4 Å². The zero-order chi connectivity index (χ0) is 39.8. The Morgan fingerprint density at radius 2 is 2.04 bits per heavy atom. The normalized spacial score (nSPS) is 26.8. The molecule has 12 nitrogen and oxygen atoms in total. The smallest absolute Gasteiger partial charge is 0.339 e. The lowest BCUT2D eigenvalue weighted by Gasteiger charge is -2.52. The molecular formula is C42H52N4O8S2. The van der Waals surface area contributed by atoms with Crippen LogP contribution in [0.5, 0.6) is 5.75 Å². The highest BCUT2D eigenvalue weighted by atomic mass is 33.1. The van der Waals surface area contributed by atoms with Crippen molar-refractivity contribution in [1.29, 1.82) is 0 Å². The van der Waals surface area contributed by atoms with Crippen molar-refractivity contribution in [2.24, 2.45) is 11.8 Å². The summed E-state index contributed by atoms with van der Waals surface area (Å²) in [5, 5.41) is 23.3. The number of carbonyl (C=O) groups is 2. The molecule has 14 heteroatoms. The average Bonchev–Trinajstić information content (AvgIpc) is 3.54. The monoisotopic (exact) mass is 804 g/mol. The van der Waals surface area contributed by atoms with E-state index >= 15 is 0 Å². The number of nitrogens with one attached hydrogen (secondary N) is 1. The Kier molecular flexibility index (Phi) is 12.0. The predicted molar refractivity (Wildman–Crippen MR) is 220 cm³/mol. The SMILES string of the molecule is C/C=C(\C)C(=O)O[C@]1(C)CC=C2CSSC[C@@H]3[C@@H](CNC)CN3C(=O)Cc3cnc(N)cc3[C@H]2[C@]12Cc1cc3cc(C[C@H](CO)CCCO)c(=O)oc3cc1O2. The zero-order valence-corrected chi connectivity index (χ0v) is 34.1. The number of allylic oxidation sites excluding steroid dienone is 1. The Labute approximate surface area is 335 Å². The van der Waals surface area contributed by atoms with Gasteiger partial charge in [-0.3, -0.25) is 4.79 Å². The summed E-state index contributed by atoms with van der Waals surface area (Å²) in [6.45, 7) is 6.88. The summed E-state index contributed by atoms with van der Waals surface area (Å²) in [4.78, 5) is 47.5. The first-order valence-corrected chi connectivity index (χ1v) is 21.9. The molecular weight excluding hydrogens is 753 g/mol. The van der Waals surface area contributed by atoms with Crippen molar-refractivity contribution >= 4 is 50.3 Å². The summed E-state index contributed by atoms with van der Waals surface area (Å²) in [5.74, 6) is 1.56. The number of rotatable bonds is 10. The lowest BCUT2D eigenvalue weighted by Crippen LogP contribution is -2.64. The van der Waals surface area contributed by atoms with Gasteiger partial charge in [-0.05, 0) is 87.9 Å². The molecule has 1 aliphatic carbocycles. The number of anilines is 1. The van der Waals surface area contributed by atoms with Gasteiger partial charge in [0.2, 0.25) is 5.91 Å². The topological polar surface area (TPSA) is 177 Å². The fraction of sp³-hybridized carbons (Fsp3) is 0.524. The number of carbonyl (C=O) groups excluding carboxylic acids is 2. The van der Waals surface area contributed by atoms with Crippen LogP contribution in [0.2, 0.25) is 0 Å². The molecule has 5 N–H and O–H groups in total. The highest BCUT2D eigenvalue weighted by molar-refractivity contribution is 8.76. The molecule has 3 aliphatic heterocycles. The van der Waals surface area contributed by atoms with Crippen LogP contribution in [0.4, 0.5) is 5.82 Å². The number of esters is 1. The van der Waals surface area contributed by atoms with Crippen LogP contribution in [-0.2, 0) is 33.6 Å². The fourth-order valence-corrected chi connectivity index (χ4v) is 11.5. The van der Waals surface area contributed by atoms with E-state index in [1.54, 1.807) is 53.8 Å². The molecule has 1 saturated heterocycles. The summed E-state index contributed by atoms with van der Waals surface area (Å²) in [5.41, 5.74) is 8.34. The van der Waals surface area contributed by atoms with Crippen molar-refractivity contribution < 1.29 is 33.7 Å². The number of nitrogen functional groups attached to an aromatic ring is 1. The molecule has 0 saturated carbocycles. The second-order valence-corrected chi connectivity index (χ2v) is 18.3. The summed E-state index contributed by atoms with van der Waals surface area (Å²) in [6, 6.07) is 7.51. The number of ether oxygens (including phenoxy) is 2. The fourth-order valence-electron chi connectivity index (χ4n) is 8.91. The van der Waals surface area contributed by atoms with Gasteiger partial charge in [-0.15, -0.1) is 0 Å². The highest BCUT2D eigenvalue weighted by Crippen LogP contribution is 2.58. The minimum absolute atomic E-state index is 0.00878. The molecule has 0 unspecified atom stereocenters. The van der Waals surface area contributed by atoms with Gasteiger partial charge in [0.15, 0.2) is 11.2 Å². The van der Waals surface area contributed by atoms with Crippen molar-refractivity contribution in [2.75, 3.05) is 50.6 Å². The second-order valence-electron chi connectivity index (χ2n) is 15.8. The standard InChI is InChI=1S/C42H52N4O8S2/c1-5-24(2)39(50)54-41(3)9-8-26-22-55-56-23-33-31(18-44-4)20-46(33)37(49)14-30-19-45-36(43)15-32(30)38(26)42(41)17-29-13-27-12-28(11-25(21-48)7-6-10-47)40(51)52-34(27)16-35(29)53-42/h5,8,12-13,15-16,19,25,31,33,38,44,47-48H,6-7,9-11,14,17-18,20-23H2,1-4H3,(H2,43,45)/b24-5+/t25-,31+,33-,38+,41-,42-/m1/s1. The number of pyridine rings is 1. The Morgan fingerprint density at radius 3 is 2.79 bits per heavy atom. The molecule has 56 heavy (non-hydrogen) atoms. The summed E-state index contributed by atoms with van der Waals surface area (Å²) in [6.07, 6.45) is 7.87. The molecule has 0 radical (unpaired) electrons. The van der Waals surface area contributed by atoms with Crippen LogP contribution in [0, 0.1) is 11.8 Å². The molecule has 7 rings (SSSR count). The van der Waals surface area contributed by atoms with Crippen LogP contribution in [-0.4, -0.2) is 94.1 Å². The van der Waals surface area contributed by atoms with E-state index in [9.17, 15) is 24.6 Å². The number of nitrogens with two attached hydrogens (primary N) is 1. The van der Waals surface area contributed by atoms with E-state index in [1.807, 2.05) is 37.1 Å². The van der Waals surface area contributed by atoms with Crippen LogP contribution in [0.15, 0.2) is 63.0 Å². The molecule has 5 heterocycles. The first-order chi connectivity index (χ1) is 26.9. The van der Waals surface area contributed by atoms with Gasteiger partial charge in [0.1, 0.15) is 17.2 Å². The number of aliphatic hydroxyl groups is 2. The maximum absolute atomic E-state index is 14.1. The molecule has 300 valence electrons. The minimum Gasteiger partial charge on any atom is -0.481 e. The van der Waals surface area contributed by atoms with Crippen molar-refractivity contribution in [3.05, 3.63) is 86.4 Å². The molecule has 2 aromatic heterocycles. The third-order valence-electron chi connectivity index (χ3n) is 12.2. The number of aromatic nitrogens is 1. The quantitative estimate of drug-likeness (QED) is 0.0728.